The molecule has 11 heteroatoms. The summed E-state index contributed by atoms with van der Waals surface area (Å²) in [6.07, 6.45) is 1.52. The average Bonchev–Trinajstić information content (AvgIpc) is 3.18. The Bertz CT molecular complexity index is 2040. The van der Waals surface area contributed by atoms with Crippen molar-refractivity contribution < 1.29 is 33.4 Å². The highest BCUT2D eigenvalue weighted by Crippen LogP contribution is 2.37. The fourth-order valence-electron chi connectivity index (χ4n) is 5.09. The van der Waals surface area contributed by atoms with E-state index in [4.69, 9.17) is 14.2 Å². The molecule has 0 fully saturated rings. The quantitative estimate of drug-likeness (QED) is 0.0604. The van der Waals surface area contributed by atoms with Crippen LogP contribution >= 0.6 is 11.8 Å². The van der Waals surface area contributed by atoms with Gasteiger partial charge in [0.1, 0.15) is 10.9 Å². The van der Waals surface area contributed by atoms with Gasteiger partial charge in [0.2, 0.25) is 5.91 Å². The lowest BCUT2D eigenvalue weighted by Crippen LogP contribution is -2.30. The summed E-state index contributed by atoms with van der Waals surface area (Å²) in [5.74, 6) is -0.849. The lowest BCUT2D eigenvalue weighted by molar-refractivity contribution is -0.116. The summed E-state index contributed by atoms with van der Waals surface area (Å²) >= 11 is 1.34. The van der Waals surface area contributed by atoms with Gasteiger partial charge in [-0.3, -0.25) is 14.4 Å². The normalized spacial score (nSPS) is 11.5. The minimum atomic E-state index is -0.619. The zero-order valence-corrected chi connectivity index (χ0v) is 29.6. The fourth-order valence-corrected chi connectivity index (χ4v) is 6.11. The van der Waals surface area contributed by atoms with Gasteiger partial charge in [0.25, 0.3) is 11.8 Å². The van der Waals surface area contributed by atoms with Gasteiger partial charge in [-0.15, -0.1) is 11.8 Å². The summed E-state index contributed by atoms with van der Waals surface area (Å²) in [7, 11) is 3.01. The van der Waals surface area contributed by atoms with E-state index in [9.17, 15) is 19.2 Å². The molecule has 0 heterocycles. The van der Waals surface area contributed by atoms with Crippen molar-refractivity contribution in [1.82, 2.24) is 5.32 Å². The van der Waals surface area contributed by atoms with Crippen LogP contribution in [0.5, 0.6) is 11.5 Å². The van der Waals surface area contributed by atoms with E-state index >= 15 is 0 Å². The van der Waals surface area contributed by atoms with Gasteiger partial charge >= 0.3 is 5.97 Å². The Balaban J connectivity index is 1.34. The summed E-state index contributed by atoms with van der Waals surface area (Å²) in [6, 6.07) is 36.7. The lowest BCUT2D eigenvalue weighted by Gasteiger charge is -2.18. The molecule has 0 aliphatic rings. The molecule has 1 atom stereocenters. The van der Waals surface area contributed by atoms with E-state index < -0.39 is 23.0 Å². The second kappa shape index (κ2) is 18.1. The first kappa shape index (κ1) is 36.9. The van der Waals surface area contributed by atoms with E-state index in [1.54, 1.807) is 104 Å². The highest BCUT2D eigenvalue weighted by Gasteiger charge is 2.23. The second-order valence-electron chi connectivity index (χ2n) is 11.1. The molecule has 3 amide bonds. The van der Waals surface area contributed by atoms with Crippen LogP contribution in [0.1, 0.15) is 44.0 Å². The summed E-state index contributed by atoms with van der Waals surface area (Å²) in [6.45, 7) is 2.01. The number of hydrogen-bond acceptors (Lipinski definition) is 8. The topological polar surface area (TPSA) is 132 Å². The van der Waals surface area contributed by atoms with Crippen LogP contribution in [0.2, 0.25) is 0 Å². The first-order valence-corrected chi connectivity index (χ1v) is 17.2. The van der Waals surface area contributed by atoms with Crippen molar-refractivity contribution in [2.75, 3.05) is 31.5 Å². The summed E-state index contributed by atoms with van der Waals surface area (Å²) in [4.78, 5) is 53.3. The molecule has 0 radical (unpaired) electrons. The maximum Gasteiger partial charge on any atom is 0.338 e. The smallest absolute Gasteiger partial charge is 0.338 e. The molecule has 0 spiro atoms. The Hall–Kier alpha value is -6.33. The number of nitrogens with one attached hydrogen (secondary N) is 3. The third-order valence-electron chi connectivity index (χ3n) is 7.63. The summed E-state index contributed by atoms with van der Waals surface area (Å²) in [5, 5.41) is 7.92. The van der Waals surface area contributed by atoms with E-state index in [0.717, 1.165) is 10.5 Å². The Kier molecular flexibility index (Phi) is 12.8. The molecule has 3 N–H and O–H groups in total. The summed E-state index contributed by atoms with van der Waals surface area (Å²) < 4.78 is 16.0. The molecule has 0 saturated carbocycles. The van der Waals surface area contributed by atoms with Crippen LogP contribution in [0.3, 0.4) is 0 Å². The van der Waals surface area contributed by atoms with Gasteiger partial charge in [0.05, 0.1) is 26.4 Å². The van der Waals surface area contributed by atoms with Crippen LogP contribution in [0.25, 0.3) is 6.08 Å². The lowest BCUT2D eigenvalue weighted by atomic mass is 10.1. The van der Waals surface area contributed by atoms with E-state index in [0.29, 0.717) is 39.6 Å². The number of benzene rings is 5. The van der Waals surface area contributed by atoms with Crippen LogP contribution < -0.4 is 25.4 Å². The SMILES string of the molecule is CCOC(=O)c1ccc(NC(=O)C(Sc2ccc(NC(=O)/C(=C/c3cccc(OC)c3OC)NC(=O)c3ccccc3)cc2)c2ccccc2)cc1. The average molecular weight is 716 g/mol. The molecule has 0 bridgehead atoms. The second-order valence-corrected chi connectivity index (χ2v) is 12.3. The molecule has 0 aromatic heterocycles. The van der Waals surface area contributed by atoms with Gasteiger partial charge in [-0.25, -0.2) is 4.79 Å². The van der Waals surface area contributed by atoms with E-state index in [2.05, 4.69) is 16.0 Å². The number of esters is 1. The monoisotopic (exact) mass is 715 g/mol. The van der Waals surface area contributed by atoms with Crippen molar-refractivity contribution >= 4 is 52.9 Å². The fraction of sp³-hybridized carbons (Fsp3) is 0.122. The Morgan fingerprint density at radius 1 is 0.692 bits per heavy atom. The molecular formula is C41H37N3O7S. The first-order chi connectivity index (χ1) is 25.3. The van der Waals surface area contributed by atoms with E-state index in [1.165, 1.54) is 32.1 Å². The number of para-hydroxylation sites is 1. The zero-order valence-electron chi connectivity index (χ0n) is 28.8. The van der Waals surface area contributed by atoms with Crippen LogP contribution in [-0.2, 0) is 14.3 Å². The number of rotatable bonds is 14. The molecule has 1 unspecified atom stereocenters. The van der Waals surface area contributed by atoms with Gasteiger partial charge in [0.15, 0.2) is 11.5 Å². The maximum absolute atomic E-state index is 13.7. The highest BCUT2D eigenvalue weighted by molar-refractivity contribution is 8.00. The van der Waals surface area contributed by atoms with Gasteiger partial charge in [0, 0.05) is 27.4 Å². The number of ether oxygens (including phenoxy) is 3. The van der Waals surface area contributed by atoms with Crippen molar-refractivity contribution in [3.05, 3.63) is 155 Å². The number of carbonyl (C=O) groups is 4. The molecule has 5 aromatic carbocycles. The van der Waals surface area contributed by atoms with Crippen LogP contribution in [-0.4, -0.2) is 44.5 Å². The molecule has 5 rings (SSSR count). The number of methoxy groups -OCH3 is 2. The number of amides is 3. The Labute approximate surface area is 306 Å². The van der Waals surface area contributed by atoms with Crippen LogP contribution in [0.15, 0.2) is 138 Å². The molecule has 5 aromatic rings. The van der Waals surface area contributed by atoms with Gasteiger partial charge < -0.3 is 30.2 Å². The van der Waals surface area contributed by atoms with E-state index in [1.807, 2.05) is 30.3 Å². The van der Waals surface area contributed by atoms with Crippen molar-refractivity contribution in [2.45, 2.75) is 17.1 Å². The van der Waals surface area contributed by atoms with Crippen molar-refractivity contribution in [3.8, 4) is 11.5 Å². The largest absolute Gasteiger partial charge is 0.493 e. The third-order valence-corrected chi connectivity index (χ3v) is 8.90. The predicted octanol–water partition coefficient (Wildman–Crippen LogP) is 7.76. The van der Waals surface area contributed by atoms with Gasteiger partial charge in [-0.1, -0.05) is 60.7 Å². The molecule has 0 saturated heterocycles. The first-order valence-electron chi connectivity index (χ1n) is 16.3. The van der Waals surface area contributed by atoms with E-state index in [-0.39, 0.29) is 18.2 Å². The van der Waals surface area contributed by atoms with Crippen LogP contribution in [0.4, 0.5) is 11.4 Å². The summed E-state index contributed by atoms with van der Waals surface area (Å²) in [5.41, 5.74) is 3.07. The minimum Gasteiger partial charge on any atom is -0.493 e. The minimum absolute atomic E-state index is 0.0186. The molecule has 10 nitrogen and oxygen atoms in total. The van der Waals surface area contributed by atoms with Gasteiger partial charge in [-0.2, -0.15) is 0 Å². The zero-order chi connectivity index (χ0) is 36.9. The molecule has 264 valence electrons. The van der Waals surface area contributed by atoms with Crippen molar-refractivity contribution in [3.63, 3.8) is 0 Å². The number of carbonyl (C=O) groups excluding carboxylic acids is 4. The predicted molar refractivity (Wildman–Crippen MR) is 203 cm³/mol. The highest BCUT2D eigenvalue weighted by atomic mass is 32.2. The van der Waals surface area contributed by atoms with Crippen molar-refractivity contribution in [1.29, 1.82) is 0 Å². The van der Waals surface area contributed by atoms with Crippen LogP contribution in [0, 0.1) is 0 Å². The Morgan fingerprint density at radius 2 is 1.33 bits per heavy atom. The third kappa shape index (κ3) is 9.67. The number of hydrogen-bond donors (Lipinski definition) is 3. The molecule has 52 heavy (non-hydrogen) atoms. The Morgan fingerprint density at radius 3 is 1.96 bits per heavy atom. The maximum atomic E-state index is 13.7. The van der Waals surface area contributed by atoms with Gasteiger partial charge in [-0.05, 0) is 85.3 Å². The number of thioether (sulfide) groups is 1. The standard InChI is InChI=1S/C41H37N3O7S/c1-4-51-41(48)29-18-20-31(21-19-29)43-40(47)37(27-12-7-5-8-13-27)52-33-24-22-32(23-25-33)42-39(46)34(44-38(45)28-14-9-6-10-15-28)26-30-16-11-17-35(49-2)36(30)50-3/h5-26,37H,4H2,1-3H3,(H,42,46)(H,43,47)(H,44,45)/b34-26-. The molecular weight excluding hydrogens is 679 g/mol. The van der Waals surface area contributed by atoms with Crippen molar-refractivity contribution in [2.24, 2.45) is 0 Å². The molecule has 0 aliphatic heterocycles. The number of anilines is 2. The molecule has 0 aliphatic carbocycles.